The fourth-order valence-electron chi connectivity index (χ4n) is 2.44. The minimum atomic E-state index is -3.29. The van der Waals surface area contributed by atoms with E-state index in [-0.39, 0.29) is 11.9 Å². The van der Waals surface area contributed by atoms with Gasteiger partial charge in [-0.15, -0.1) is 0 Å². The Morgan fingerprint density at radius 3 is 2.19 bits per heavy atom. The zero-order valence-corrected chi connectivity index (χ0v) is 13.9. The molecule has 0 heterocycles. The quantitative estimate of drug-likeness (QED) is 0.740. The lowest BCUT2D eigenvalue weighted by Gasteiger charge is -2.30. The summed E-state index contributed by atoms with van der Waals surface area (Å²) in [5.41, 5.74) is 1.15. The second-order valence-electron chi connectivity index (χ2n) is 5.36. The van der Waals surface area contributed by atoms with Crippen LogP contribution in [0.5, 0.6) is 0 Å². The first-order valence-corrected chi connectivity index (χ1v) is 9.44. The number of benzene rings is 1. The van der Waals surface area contributed by atoms with Crippen LogP contribution in [0.3, 0.4) is 0 Å². The number of carbonyl (C=O) groups is 1. The molecule has 4 nitrogen and oxygen atoms in total. The van der Waals surface area contributed by atoms with Gasteiger partial charge in [0.2, 0.25) is 5.91 Å². The van der Waals surface area contributed by atoms with E-state index in [0.717, 1.165) is 31.1 Å². The van der Waals surface area contributed by atoms with E-state index < -0.39 is 15.6 Å². The van der Waals surface area contributed by atoms with Crippen LogP contribution in [-0.2, 0) is 21.1 Å². The summed E-state index contributed by atoms with van der Waals surface area (Å²) >= 11 is 0. The van der Waals surface area contributed by atoms with Gasteiger partial charge in [-0.2, -0.15) is 0 Å². The van der Waals surface area contributed by atoms with Gasteiger partial charge in [-0.3, -0.25) is 4.79 Å². The lowest BCUT2D eigenvalue weighted by atomic mass is 10.1. The summed E-state index contributed by atoms with van der Waals surface area (Å²) < 4.78 is 22.7. The first kappa shape index (κ1) is 17.7. The molecule has 0 unspecified atom stereocenters. The standard InChI is InChI=1S/C16H25NO3S/c1-4-15(5-2)17(16(18)13-21(3,19)20)12-11-14-9-7-6-8-10-14/h6-10,15H,4-5,11-13H2,1-3H3. The largest absolute Gasteiger partial charge is 0.339 e. The predicted molar refractivity (Wildman–Crippen MR) is 85.9 cm³/mol. The molecule has 0 saturated carbocycles. The average molecular weight is 311 g/mol. The van der Waals surface area contributed by atoms with Crippen molar-refractivity contribution in [1.29, 1.82) is 0 Å². The van der Waals surface area contributed by atoms with Crippen LogP contribution >= 0.6 is 0 Å². The summed E-state index contributed by atoms with van der Waals surface area (Å²) in [6, 6.07) is 10.0. The van der Waals surface area contributed by atoms with Crippen molar-refractivity contribution in [3.63, 3.8) is 0 Å². The summed E-state index contributed by atoms with van der Waals surface area (Å²) in [5.74, 6) is -0.694. The van der Waals surface area contributed by atoms with Gasteiger partial charge < -0.3 is 4.90 Å². The van der Waals surface area contributed by atoms with Crippen molar-refractivity contribution >= 4 is 15.7 Å². The van der Waals surface area contributed by atoms with Crippen molar-refractivity contribution in [2.45, 2.75) is 39.2 Å². The first-order valence-electron chi connectivity index (χ1n) is 7.38. The van der Waals surface area contributed by atoms with Gasteiger partial charge in [-0.25, -0.2) is 8.42 Å². The lowest BCUT2D eigenvalue weighted by molar-refractivity contribution is -0.130. The van der Waals surface area contributed by atoms with Crippen LogP contribution in [-0.4, -0.2) is 43.8 Å². The van der Waals surface area contributed by atoms with Gasteiger partial charge in [0.05, 0.1) is 0 Å². The van der Waals surface area contributed by atoms with Crippen molar-refractivity contribution in [3.8, 4) is 0 Å². The predicted octanol–water partition coefficient (Wildman–Crippen LogP) is 2.29. The summed E-state index contributed by atoms with van der Waals surface area (Å²) in [5, 5.41) is 0. The molecule has 0 aliphatic carbocycles. The number of hydrogen-bond acceptors (Lipinski definition) is 3. The number of sulfone groups is 1. The Balaban J connectivity index is 2.79. The third kappa shape index (κ3) is 6.29. The van der Waals surface area contributed by atoms with E-state index >= 15 is 0 Å². The summed E-state index contributed by atoms with van der Waals surface area (Å²) in [6.07, 6.45) is 3.52. The van der Waals surface area contributed by atoms with Crippen LogP contribution < -0.4 is 0 Å². The number of hydrogen-bond donors (Lipinski definition) is 0. The van der Waals surface area contributed by atoms with Crippen LogP contribution in [0.4, 0.5) is 0 Å². The van der Waals surface area contributed by atoms with E-state index in [1.165, 1.54) is 0 Å². The van der Waals surface area contributed by atoms with Crippen molar-refractivity contribution in [2.24, 2.45) is 0 Å². The van der Waals surface area contributed by atoms with Crippen molar-refractivity contribution in [2.75, 3.05) is 18.6 Å². The topological polar surface area (TPSA) is 54.5 Å². The maximum absolute atomic E-state index is 12.3. The molecule has 0 N–H and O–H groups in total. The maximum atomic E-state index is 12.3. The lowest BCUT2D eigenvalue weighted by Crippen LogP contribution is -2.43. The van der Waals surface area contributed by atoms with Gasteiger partial charge in [0.15, 0.2) is 9.84 Å². The Bertz CT molecular complexity index is 536. The van der Waals surface area contributed by atoms with E-state index in [2.05, 4.69) is 0 Å². The molecule has 1 aromatic rings. The molecular formula is C16H25NO3S. The Kier molecular flexibility index (Phi) is 6.89. The highest BCUT2D eigenvalue weighted by atomic mass is 32.2. The molecule has 1 rings (SSSR count). The highest BCUT2D eigenvalue weighted by Gasteiger charge is 2.23. The molecule has 0 fully saturated rings. The van der Waals surface area contributed by atoms with E-state index in [9.17, 15) is 13.2 Å². The summed E-state index contributed by atoms with van der Waals surface area (Å²) in [6.45, 7) is 4.61. The minimum Gasteiger partial charge on any atom is -0.339 e. The molecule has 0 radical (unpaired) electrons. The molecule has 0 atom stereocenters. The third-order valence-electron chi connectivity index (χ3n) is 3.57. The number of amides is 1. The molecule has 118 valence electrons. The smallest absolute Gasteiger partial charge is 0.238 e. The summed E-state index contributed by atoms with van der Waals surface area (Å²) in [4.78, 5) is 14.0. The highest BCUT2D eigenvalue weighted by Crippen LogP contribution is 2.12. The Labute approximate surface area is 128 Å². The summed E-state index contributed by atoms with van der Waals surface area (Å²) in [7, 11) is -3.29. The van der Waals surface area contributed by atoms with Gasteiger partial charge in [-0.05, 0) is 24.8 Å². The molecule has 1 amide bonds. The molecule has 5 heteroatoms. The Hall–Kier alpha value is -1.36. The minimum absolute atomic E-state index is 0.1000. The molecule has 0 aromatic heterocycles. The van der Waals surface area contributed by atoms with Gasteiger partial charge in [-0.1, -0.05) is 44.2 Å². The number of rotatable bonds is 8. The van der Waals surface area contributed by atoms with Crippen molar-refractivity contribution in [1.82, 2.24) is 4.90 Å². The van der Waals surface area contributed by atoms with E-state index in [1.54, 1.807) is 4.90 Å². The normalized spacial score (nSPS) is 11.6. The van der Waals surface area contributed by atoms with Crippen LogP contribution in [0.2, 0.25) is 0 Å². The SMILES string of the molecule is CCC(CC)N(CCc1ccccc1)C(=O)CS(C)(=O)=O. The number of nitrogens with zero attached hydrogens (tertiary/aromatic N) is 1. The average Bonchev–Trinajstić information content (AvgIpc) is 2.42. The Morgan fingerprint density at radius 2 is 1.71 bits per heavy atom. The van der Waals surface area contributed by atoms with Crippen LogP contribution in [0.15, 0.2) is 30.3 Å². The van der Waals surface area contributed by atoms with E-state index in [1.807, 2.05) is 44.2 Å². The number of carbonyl (C=O) groups excluding carboxylic acids is 1. The van der Waals surface area contributed by atoms with Gasteiger partial charge >= 0.3 is 0 Å². The van der Waals surface area contributed by atoms with Gasteiger partial charge in [0.1, 0.15) is 5.75 Å². The first-order chi connectivity index (χ1) is 9.87. The molecule has 0 aliphatic rings. The molecular weight excluding hydrogens is 286 g/mol. The van der Waals surface area contributed by atoms with Crippen LogP contribution in [0.25, 0.3) is 0 Å². The Morgan fingerprint density at radius 1 is 1.14 bits per heavy atom. The molecule has 0 aliphatic heterocycles. The van der Waals surface area contributed by atoms with Gasteiger partial charge in [0.25, 0.3) is 0 Å². The zero-order chi connectivity index (χ0) is 15.9. The van der Waals surface area contributed by atoms with E-state index in [4.69, 9.17) is 0 Å². The second-order valence-corrected chi connectivity index (χ2v) is 7.50. The van der Waals surface area contributed by atoms with Crippen LogP contribution in [0, 0.1) is 0 Å². The maximum Gasteiger partial charge on any atom is 0.238 e. The molecule has 0 bridgehead atoms. The molecule has 0 saturated heterocycles. The highest BCUT2D eigenvalue weighted by molar-refractivity contribution is 7.91. The monoisotopic (exact) mass is 311 g/mol. The van der Waals surface area contributed by atoms with Gasteiger partial charge in [0, 0.05) is 18.8 Å². The zero-order valence-electron chi connectivity index (χ0n) is 13.1. The third-order valence-corrected chi connectivity index (χ3v) is 4.34. The fourth-order valence-corrected chi connectivity index (χ4v) is 3.06. The molecule has 0 spiro atoms. The van der Waals surface area contributed by atoms with Crippen LogP contribution in [0.1, 0.15) is 32.3 Å². The van der Waals surface area contributed by atoms with Crippen molar-refractivity contribution in [3.05, 3.63) is 35.9 Å². The van der Waals surface area contributed by atoms with Crippen molar-refractivity contribution < 1.29 is 13.2 Å². The second kappa shape index (κ2) is 8.17. The molecule has 21 heavy (non-hydrogen) atoms. The molecule has 1 aromatic carbocycles. The van der Waals surface area contributed by atoms with E-state index in [0.29, 0.717) is 6.54 Å². The fraction of sp³-hybridized carbons (Fsp3) is 0.562.